The number of anilines is 1. The van der Waals surface area contributed by atoms with Gasteiger partial charge in [0.15, 0.2) is 0 Å². The highest BCUT2D eigenvalue weighted by atomic mass is 32.1. The lowest BCUT2D eigenvalue weighted by Crippen LogP contribution is -2.35. The quantitative estimate of drug-likeness (QED) is 0.872. The molecular formula is C19H27N5OS. The van der Waals surface area contributed by atoms with Gasteiger partial charge in [-0.2, -0.15) is 0 Å². The van der Waals surface area contributed by atoms with Gasteiger partial charge in [-0.25, -0.2) is 4.79 Å². The monoisotopic (exact) mass is 373 g/mol. The van der Waals surface area contributed by atoms with Gasteiger partial charge in [0.2, 0.25) is 5.13 Å². The largest absolute Gasteiger partial charge is 0.324 e. The van der Waals surface area contributed by atoms with Crippen LogP contribution >= 0.6 is 11.3 Å². The maximum Gasteiger partial charge on any atom is 0.323 e. The molecular weight excluding hydrogens is 346 g/mol. The molecule has 26 heavy (non-hydrogen) atoms. The van der Waals surface area contributed by atoms with Crippen LogP contribution in [0.4, 0.5) is 9.93 Å². The van der Waals surface area contributed by atoms with Crippen LogP contribution in [0.5, 0.6) is 0 Å². The van der Waals surface area contributed by atoms with Gasteiger partial charge in [0.1, 0.15) is 5.01 Å². The number of carbonyl (C=O) groups excluding carboxylic acids is 1. The highest BCUT2D eigenvalue weighted by Gasteiger charge is 2.22. The van der Waals surface area contributed by atoms with Gasteiger partial charge in [-0.15, -0.1) is 10.2 Å². The number of hydrogen-bond acceptors (Lipinski definition) is 5. The molecule has 2 amide bonds. The Morgan fingerprint density at radius 3 is 2.81 bits per heavy atom. The number of hydrogen-bond donors (Lipinski definition) is 1. The standard InChI is InChI=1S/C19H27N5OS/c1-23(2)13-11-17-21-22-18(26-17)20-19(25)24-12-6-9-16(10-14-24)15-7-4-3-5-8-15/h3-5,7-8,16H,6,9-14H2,1-2H3,(H,20,22,25)/t16-/m1/s1. The highest BCUT2D eigenvalue weighted by Crippen LogP contribution is 2.28. The number of rotatable bonds is 5. The van der Waals surface area contributed by atoms with E-state index in [2.05, 4.69) is 50.7 Å². The van der Waals surface area contributed by atoms with Crippen molar-refractivity contribution in [2.75, 3.05) is 39.0 Å². The summed E-state index contributed by atoms with van der Waals surface area (Å²) in [5, 5.41) is 12.7. The minimum Gasteiger partial charge on any atom is -0.324 e. The van der Waals surface area contributed by atoms with E-state index in [1.54, 1.807) is 0 Å². The molecule has 0 radical (unpaired) electrons. The first-order valence-corrected chi connectivity index (χ1v) is 10.0. The number of urea groups is 1. The van der Waals surface area contributed by atoms with Crippen molar-refractivity contribution in [3.8, 4) is 0 Å². The molecule has 1 N–H and O–H groups in total. The van der Waals surface area contributed by atoms with Gasteiger partial charge in [-0.3, -0.25) is 5.32 Å². The molecule has 1 aliphatic rings. The maximum atomic E-state index is 12.6. The summed E-state index contributed by atoms with van der Waals surface area (Å²) in [6.07, 6.45) is 4.00. The first kappa shape index (κ1) is 18.8. The van der Waals surface area contributed by atoms with Crippen LogP contribution in [0.3, 0.4) is 0 Å². The first-order chi connectivity index (χ1) is 12.6. The number of nitrogens with one attached hydrogen (secondary N) is 1. The van der Waals surface area contributed by atoms with E-state index in [-0.39, 0.29) is 6.03 Å². The number of nitrogens with zero attached hydrogens (tertiary/aromatic N) is 4. The third kappa shape index (κ3) is 5.25. The van der Waals surface area contributed by atoms with Gasteiger partial charge in [-0.05, 0) is 44.8 Å². The zero-order valence-corrected chi connectivity index (χ0v) is 16.3. The van der Waals surface area contributed by atoms with E-state index in [9.17, 15) is 4.79 Å². The van der Waals surface area contributed by atoms with Crippen LogP contribution in [0.1, 0.15) is 35.8 Å². The third-order valence-corrected chi connectivity index (χ3v) is 5.64. The van der Waals surface area contributed by atoms with E-state index in [0.29, 0.717) is 11.0 Å². The highest BCUT2D eigenvalue weighted by molar-refractivity contribution is 7.15. The van der Waals surface area contributed by atoms with Crippen LogP contribution in [-0.2, 0) is 6.42 Å². The molecule has 1 fully saturated rings. The smallest absolute Gasteiger partial charge is 0.323 e. The minimum absolute atomic E-state index is 0.0611. The van der Waals surface area contributed by atoms with Crippen molar-refractivity contribution < 1.29 is 4.79 Å². The molecule has 0 aliphatic carbocycles. The number of likely N-dealkylation sites (N-methyl/N-ethyl adjacent to an activating group) is 1. The van der Waals surface area contributed by atoms with E-state index in [1.165, 1.54) is 16.9 Å². The van der Waals surface area contributed by atoms with Crippen molar-refractivity contribution in [2.24, 2.45) is 0 Å². The topological polar surface area (TPSA) is 61.4 Å². The summed E-state index contributed by atoms with van der Waals surface area (Å²) in [6.45, 7) is 2.49. The van der Waals surface area contributed by atoms with Crippen molar-refractivity contribution >= 4 is 22.5 Å². The summed E-state index contributed by atoms with van der Waals surface area (Å²) in [4.78, 5) is 16.6. The first-order valence-electron chi connectivity index (χ1n) is 9.20. The molecule has 140 valence electrons. The summed E-state index contributed by atoms with van der Waals surface area (Å²) in [5.41, 5.74) is 1.38. The molecule has 1 atom stereocenters. The second-order valence-corrected chi connectivity index (χ2v) is 8.07. The molecule has 0 bridgehead atoms. The van der Waals surface area contributed by atoms with Crippen molar-refractivity contribution in [1.29, 1.82) is 0 Å². The van der Waals surface area contributed by atoms with Gasteiger partial charge in [0.25, 0.3) is 0 Å². The Morgan fingerprint density at radius 1 is 1.23 bits per heavy atom. The lowest BCUT2D eigenvalue weighted by molar-refractivity contribution is 0.213. The SMILES string of the molecule is CN(C)CCc1nnc(NC(=O)N2CCC[C@@H](c3ccccc3)CC2)s1. The second kappa shape index (κ2) is 9.09. The fourth-order valence-electron chi connectivity index (χ4n) is 3.25. The predicted octanol–water partition coefficient (Wildman–Crippen LogP) is 3.44. The van der Waals surface area contributed by atoms with Crippen molar-refractivity contribution in [3.05, 3.63) is 40.9 Å². The number of likely N-dealkylation sites (tertiary alicyclic amines) is 1. The molecule has 2 heterocycles. The Hall–Kier alpha value is -1.99. The summed E-state index contributed by atoms with van der Waals surface area (Å²) in [6, 6.07) is 10.6. The summed E-state index contributed by atoms with van der Waals surface area (Å²) in [7, 11) is 4.07. The Labute approximate surface area is 159 Å². The Morgan fingerprint density at radius 2 is 2.04 bits per heavy atom. The van der Waals surface area contributed by atoms with E-state index in [4.69, 9.17) is 0 Å². The summed E-state index contributed by atoms with van der Waals surface area (Å²) >= 11 is 1.46. The third-order valence-electron chi connectivity index (χ3n) is 4.74. The Bertz CT molecular complexity index is 703. The normalized spacial score (nSPS) is 18.0. The van der Waals surface area contributed by atoms with E-state index in [0.717, 1.165) is 50.3 Å². The van der Waals surface area contributed by atoms with Crippen LogP contribution in [0, 0.1) is 0 Å². The Balaban J connectivity index is 1.52. The number of benzene rings is 1. The molecule has 1 saturated heterocycles. The predicted molar refractivity (Wildman–Crippen MR) is 106 cm³/mol. The average molecular weight is 374 g/mol. The van der Waals surface area contributed by atoms with Crippen LogP contribution in [0.2, 0.25) is 0 Å². The molecule has 1 aromatic heterocycles. The van der Waals surface area contributed by atoms with Gasteiger partial charge < -0.3 is 9.80 Å². The fourth-order valence-corrected chi connectivity index (χ4v) is 3.97. The number of amides is 2. The van der Waals surface area contributed by atoms with Gasteiger partial charge in [0.05, 0.1) is 0 Å². The summed E-state index contributed by atoms with van der Waals surface area (Å²) < 4.78 is 0. The molecule has 1 aromatic carbocycles. The van der Waals surface area contributed by atoms with E-state index < -0.39 is 0 Å². The molecule has 3 rings (SSSR count). The lowest BCUT2D eigenvalue weighted by atomic mass is 9.92. The van der Waals surface area contributed by atoms with Gasteiger partial charge in [-0.1, -0.05) is 41.7 Å². The Kier molecular flexibility index (Phi) is 6.57. The summed E-state index contributed by atoms with van der Waals surface area (Å²) in [5.74, 6) is 0.535. The van der Waals surface area contributed by atoms with Gasteiger partial charge >= 0.3 is 6.03 Å². The zero-order valence-electron chi connectivity index (χ0n) is 15.5. The molecule has 0 spiro atoms. The van der Waals surface area contributed by atoms with E-state index in [1.807, 2.05) is 19.0 Å². The second-order valence-electron chi connectivity index (χ2n) is 7.01. The minimum atomic E-state index is -0.0611. The van der Waals surface area contributed by atoms with Crippen molar-refractivity contribution in [1.82, 2.24) is 20.0 Å². The number of carbonyl (C=O) groups is 1. The fraction of sp³-hybridized carbons (Fsp3) is 0.526. The molecule has 6 nitrogen and oxygen atoms in total. The molecule has 0 unspecified atom stereocenters. The van der Waals surface area contributed by atoms with Crippen molar-refractivity contribution in [2.45, 2.75) is 31.6 Å². The van der Waals surface area contributed by atoms with Gasteiger partial charge in [0, 0.05) is 26.1 Å². The van der Waals surface area contributed by atoms with E-state index >= 15 is 0 Å². The average Bonchev–Trinajstić information content (AvgIpc) is 2.93. The molecule has 0 saturated carbocycles. The van der Waals surface area contributed by atoms with Crippen LogP contribution in [0.25, 0.3) is 0 Å². The van der Waals surface area contributed by atoms with Crippen LogP contribution < -0.4 is 5.32 Å². The molecule has 1 aliphatic heterocycles. The lowest BCUT2D eigenvalue weighted by Gasteiger charge is -2.20. The zero-order chi connectivity index (χ0) is 18.4. The maximum absolute atomic E-state index is 12.6. The molecule has 2 aromatic rings. The molecule has 7 heteroatoms. The van der Waals surface area contributed by atoms with Crippen LogP contribution in [-0.4, -0.2) is 59.8 Å². The van der Waals surface area contributed by atoms with Crippen LogP contribution in [0.15, 0.2) is 30.3 Å². The van der Waals surface area contributed by atoms with Crippen molar-refractivity contribution in [3.63, 3.8) is 0 Å². The number of aromatic nitrogens is 2.